The van der Waals surface area contributed by atoms with Crippen molar-refractivity contribution >= 4 is 23.9 Å². The fourth-order valence-corrected chi connectivity index (χ4v) is 2.08. The lowest BCUT2D eigenvalue weighted by atomic mass is 10.1. The summed E-state index contributed by atoms with van der Waals surface area (Å²) in [6.45, 7) is 4.74. The van der Waals surface area contributed by atoms with Crippen LogP contribution in [0.5, 0.6) is 5.75 Å². The van der Waals surface area contributed by atoms with E-state index in [4.69, 9.17) is 14.7 Å². The first kappa shape index (κ1) is 22.7. The maximum Gasteiger partial charge on any atom is 0.349 e. The molecule has 1 N–H and O–H groups in total. The van der Waals surface area contributed by atoms with Crippen LogP contribution in [0.2, 0.25) is 0 Å². The number of hydrogen-bond acceptors (Lipinski definition) is 6. The summed E-state index contributed by atoms with van der Waals surface area (Å²) in [5, 5.41) is 11.9. The number of ether oxygens (including phenoxy) is 2. The first-order chi connectivity index (χ1) is 13.1. The monoisotopic (exact) mass is 387 g/mol. The van der Waals surface area contributed by atoms with Crippen LogP contribution in [0, 0.1) is 11.3 Å². The molecule has 0 aliphatic rings. The van der Waals surface area contributed by atoms with Crippen LogP contribution in [-0.2, 0) is 19.1 Å². The summed E-state index contributed by atoms with van der Waals surface area (Å²) >= 11 is 0. The smallest absolute Gasteiger partial charge is 0.349 e. The maximum atomic E-state index is 12.1. The van der Waals surface area contributed by atoms with Gasteiger partial charge in [-0.1, -0.05) is 12.1 Å². The van der Waals surface area contributed by atoms with Crippen molar-refractivity contribution in [1.29, 1.82) is 5.26 Å². The predicted octanol–water partition coefficient (Wildman–Crippen LogP) is 1.52. The highest BCUT2D eigenvalue weighted by Gasteiger charge is 2.19. The molecule has 0 saturated heterocycles. The number of likely N-dealkylation sites (N-methyl/N-ethyl adjacent to an activating group) is 1. The molecular formula is C20H25N3O5. The molecule has 0 spiro atoms. The summed E-state index contributed by atoms with van der Waals surface area (Å²) in [6, 6.07) is 8.49. The lowest BCUT2D eigenvalue weighted by molar-refractivity contribution is -0.148. The highest BCUT2D eigenvalue weighted by atomic mass is 16.5. The molecule has 0 aliphatic heterocycles. The van der Waals surface area contributed by atoms with Gasteiger partial charge in [-0.25, -0.2) is 4.79 Å². The average molecular weight is 387 g/mol. The van der Waals surface area contributed by atoms with Crippen molar-refractivity contribution in [3.05, 3.63) is 35.4 Å². The summed E-state index contributed by atoms with van der Waals surface area (Å²) in [5.74, 6) is -1.16. The number of methoxy groups -OCH3 is 1. The second kappa shape index (κ2) is 10.1. The standard InChI is InChI=1S/C20H25N3O5/c1-20(2,3)22-17(24)12-23(4)18(25)13-28-19(26)15(11-21)10-14-6-8-16(27-5)9-7-14/h6-10H,12-13H2,1-5H3,(H,22,24)/b15-10+. The van der Waals surface area contributed by atoms with Crippen molar-refractivity contribution in [3.8, 4) is 11.8 Å². The molecule has 1 rings (SSSR count). The Morgan fingerprint density at radius 3 is 2.32 bits per heavy atom. The van der Waals surface area contributed by atoms with Crippen LogP contribution < -0.4 is 10.1 Å². The zero-order valence-electron chi connectivity index (χ0n) is 16.7. The lowest BCUT2D eigenvalue weighted by Gasteiger charge is -2.23. The van der Waals surface area contributed by atoms with Gasteiger partial charge in [0.05, 0.1) is 13.7 Å². The quantitative estimate of drug-likeness (QED) is 0.432. The van der Waals surface area contributed by atoms with Crippen molar-refractivity contribution in [2.45, 2.75) is 26.3 Å². The van der Waals surface area contributed by atoms with Gasteiger partial charge >= 0.3 is 5.97 Å². The van der Waals surface area contributed by atoms with E-state index in [1.165, 1.54) is 20.2 Å². The average Bonchev–Trinajstić information content (AvgIpc) is 2.62. The normalized spacial score (nSPS) is 11.2. The molecule has 0 heterocycles. The van der Waals surface area contributed by atoms with E-state index in [0.29, 0.717) is 11.3 Å². The maximum absolute atomic E-state index is 12.1. The first-order valence-corrected chi connectivity index (χ1v) is 8.53. The number of benzene rings is 1. The molecule has 0 fully saturated rings. The Morgan fingerprint density at radius 2 is 1.82 bits per heavy atom. The molecule has 1 aromatic carbocycles. The Kier molecular flexibility index (Phi) is 8.20. The van der Waals surface area contributed by atoms with E-state index in [0.717, 1.165) is 4.90 Å². The van der Waals surface area contributed by atoms with Gasteiger partial charge in [0.25, 0.3) is 5.91 Å². The second-order valence-electron chi connectivity index (χ2n) is 7.07. The summed E-state index contributed by atoms with van der Waals surface area (Å²) in [4.78, 5) is 37.1. The summed E-state index contributed by atoms with van der Waals surface area (Å²) in [7, 11) is 2.96. The first-order valence-electron chi connectivity index (χ1n) is 8.53. The second-order valence-corrected chi connectivity index (χ2v) is 7.07. The molecule has 28 heavy (non-hydrogen) atoms. The summed E-state index contributed by atoms with van der Waals surface area (Å²) in [6.07, 6.45) is 1.35. The molecule has 0 aliphatic carbocycles. The molecule has 2 amide bonds. The van der Waals surface area contributed by atoms with Crippen molar-refractivity contribution in [1.82, 2.24) is 10.2 Å². The fraction of sp³-hybridized carbons (Fsp3) is 0.400. The van der Waals surface area contributed by atoms with Crippen LogP contribution in [-0.4, -0.2) is 55.5 Å². The van der Waals surface area contributed by atoms with Crippen LogP contribution in [0.4, 0.5) is 0 Å². The van der Waals surface area contributed by atoms with Gasteiger partial charge in [-0.05, 0) is 44.5 Å². The third kappa shape index (κ3) is 7.91. The van der Waals surface area contributed by atoms with Gasteiger partial charge in [-0.3, -0.25) is 9.59 Å². The van der Waals surface area contributed by atoms with E-state index < -0.39 is 24.0 Å². The Hall–Kier alpha value is -3.34. The molecule has 8 nitrogen and oxygen atoms in total. The van der Waals surface area contributed by atoms with E-state index in [1.807, 2.05) is 20.8 Å². The van der Waals surface area contributed by atoms with Crippen molar-refractivity contribution in [2.75, 3.05) is 27.3 Å². The minimum atomic E-state index is -0.917. The number of carbonyl (C=O) groups is 3. The molecule has 0 bridgehead atoms. The Balaban J connectivity index is 2.62. The molecule has 0 atom stereocenters. The largest absolute Gasteiger partial charge is 0.497 e. The van der Waals surface area contributed by atoms with Gasteiger partial charge in [-0.2, -0.15) is 5.26 Å². The molecule has 8 heteroatoms. The van der Waals surface area contributed by atoms with Crippen LogP contribution in [0.15, 0.2) is 29.8 Å². The summed E-state index contributed by atoms with van der Waals surface area (Å²) in [5.41, 5.74) is -0.0517. The van der Waals surface area contributed by atoms with E-state index in [9.17, 15) is 14.4 Å². The van der Waals surface area contributed by atoms with E-state index in [2.05, 4.69) is 5.32 Å². The SMILES string of the molecule is COc1ccc(/C=C(\C#N)C(=O)OCC(=O)N(C)CC(=O)NC(C)(C)C)cc1. The van der Waals surface area contributed by atoms with Gasteiger partial charge < -0.3 is 19.7 Å². The van der Waals surface area contributed by atoms with Crippen LogP contribution in [0.25, 0.3) is 6.08 Å². The topological polar surface area (TPSA) is 109 Å². The molecule has 0 radical (unpaired) electrons. The molecule has 150 valence electrons. The van der Waals surface area contributed by atoms with Crippen LogP contribution >= 0.6 is 0 Å². The van der Waals surface area contributed by atoms with E-state index >= 15 is 0 Å². The lowest BCUT2D eigenvalue weighted by Crippen LogP contribution is -2.46. The molecule has 1 aromatic rings. The van der Waals surface area contributed by atoms with E-state index in [-0.39, 0.29) is 18.0 Å². The van der Waals surface area contributed by atoms with Gasteiger partial charge in [0.15, 0.2) is 6.61 Å². The Bertz CT molecular complexity index is 786. The number of nitrogens with one attached hydrogen (secondary N) is 1. The highest BCUT2D eigenvalue weighted by Crippen LogP contribution is 2.14. The number of carbonyl (C=O) groups excluding carboxylic acids is 3. The van der Waals surface area contributed by atoms with Crippen LogP contribution in [0.3, 0.4) is 0 Å². The number of nitriles is 1. The zero-order chi connectivity index (χ0) is 21.3. The van der Waals surface area contributed by atoms with E-state index in [1.54, 1.807) is 30.3 Å². The minimum absolute atomic E-state index is 0.166. The Labute approximate surface area is 164 Å². The number of nitrogens with zero attached hydrogens (tertiary/aromatic N) is 2. The highest BCUT2D eigenvalue weighted by molar-refractivity contribution is 5.99. The molecule has 0 aromatic heterocycles. The molecular weight excluding hydrogens is 362 g/mol. The zero-order valence-corrected chi connectivity index (χ0v) is 16.7. The number of amides is 2. The third-order valence-electron chi connectivity index (χ3n) is 3.41. The van der Waals surface area contributed by atoms with Crippen LogP contribution in [0.1, 0.15) is 26.3 Å². The van der Waals surface area contributed by atoms with Crippen molar-refractivity contribution < 1.29 is 23.9 Å². The minimum Gasteiger partial charge on any atom is -0.497 e. The van der Waals surface area contributed by atoms with Gasteiger partial charge in [0.2, 0.25) is 5.91 Å². The number of esters is 1. The van der Waals surface area contributed by atoms with Crippen molar-refractivity contribution in [2.24, 2.45) is 0 Å². The molecule has 0 unspecified atom stereocenters. The van der Waals surface area contributed by atoms with Gasteiger partial charge in [0, 0.05) is 12.6 Å². The molecule has 0 saturated carbocycles. The fourth-order valence-electron chi connectivity index (χ4n) is 2.08. The number of hydrogen-bond donors (Lipinski definition) is 1. The van der Waals surface area contributed by atoms with Gasteiger partial charge in [-0.15, -0.1) is 0 Å². The van der Waals surface area contributed by atoms with Gasteiger partial charge in [0.1, 0.15) is 17.4 Å². The Morgan fingerprint density at radius 1 is 1.21 bits per heavy atom. The van der Waals surface area contributed by atoms with Crippen molar-refractivity contribution in [3.63, 3.8) is 0 Å². The summed E-state index contributed by atoms with van der Waals surface area (Å²) < 4.78 is 9.94. The third-order valence-corrected chi connectivity index (χ3v) is 3.41. The number of rotatable bonds is 7. The predicted molar refractivity (Wildman–Crippen MR) is 103 cm³/mol.